The number of H-pyrrole nitrogens is 1. The number of aromatic nitrogens is 6. The number of fused-ring (bicyclic) bond motifs is 1. The highest BCUT2D eigenvalue weighted by Gasteiger charge is 2.32. The molecule has 0 aromatic carbocycles. The molecule has 0 radical (unpaired) electrons. The Morgan fingerprint density at radius 2 is 1.97 bits per heavy atom. The molecule has 6 heterocycles. The van der Waals surface area contributed by atoms with Crippen molar-refractivity contribution in [2.75, 3.05) is 44.0 Å². The molecular weight excluding hydrogens is 516 g/mol. The molecule has 208 valence electrons. The Morgan fingerprint density at radius 3 is 2.72 bits per heavy atom. The van der Waals surface area contributed by atoms with Crippen molar-refractivity contribution < 1.29 is 13.2 Å². The third kappa shape index (κ3) is 4.92. The molecule has 2 fully saturated rings. The standard InChI is InChI=1S/C26H32N8O3S.CH4/c1-16-15-37-12-11-33(16)23-13-22(29-26(30-23)21-6-9-28-25-20(21)5-8-27-25)24-17(2)31-34(18(24)3)19-7-10-32(14-19)38(4,35)36;/h5-6,8-9,13,16,19H,7,10-12,14-15H2,1-4H3,(H,27,28);1H4/t16-,19?;/m1./s1. The van der Waals surface area contributed by atoms with Gasteiger partial charge < -0.3 is 14.6 Å². The molecular formula is C27H36N8O3S. The number of aryl methyl sites for hydroxylation is 1. The summed E-state index contributed by atoms with van der Waals surface area (Å²) < 4.78 is 33.4. The first kappa shape index (κ1) is 27.2. The van der Waals surface area contributed by atoms with E-state index >= 15 is 0 Å². The topological polar surface area (TPSA) is 122 Å². The minimum absolute atomic E-state index is 0. The predicted molar refractivity (Wildman–Crippen MR) is 152 cm³/mol. The largest absolute Gasteiger partial charge is 0.377 e. The Kier molecular flexibility index (Phi) is 7.21. The number of pyridine rings is 1. The molecule has 0 bridgehead atoms. The fourth-order valence-electron chi connectivity index (χ4n) is 5.65. The molecule has 4 aromatic rings. The maximum atomic E-state index is 12.1. The lowest BCUT2D eigenvalue weighted by molar-refractivity contribution is 0.0985. The maximum Gasteiger partial charge on any atom is 0.211 e. The van der Waals surface area contributed by atoms with Crippen molar-refractivity contribution in [2.24, 2.45) is 0 Å². The Bertz CT molecular complexity index is 1610. The maximum absolute atomic E-state index is 12.1. The van der Waals surface area contributed by atoms with Crippen LogP contribution in [0.25, 0.3) is 33.7 Å². The molecule has 1 N–H and O–H groups in total. The van der Waals surface area contributed by atoms with Gasteiger partial charge in [0.1, 0.15) is 11.5 Å². The van der Waals surface area contributed by atoms with Crippen molar-refractivity contribution in [1.29, 1.82) is 0 Å². The van der Waals surface area contributed by atoms with E-state index in [0.717, 1.165) is 58.0 Å². The van der Waals surface area contributed by atoms with Gasteiger partial charge >= 0.3 is 0 Å². The van der Waals surface area contributed by atoms with Crippen molar-refractivity contribution in [3.8, 4) is 22.6 Å². The van der Waals surface area contributed by atoms with Crippen LogP contribution in [0.5, 0.6) is 0 Å². The Balaban J connectivity index is 0.00000308. The molecule has 39 heavy (non-hydrogen) atoms. The highest BCUT2D eigenvalue weighted by atomic mass is 32.2. The van der Waals surface area contributed by atoms with E-state index in [1.165, 1.54) is 10.6 Å². The second kappa shape index (κ2) is 10.3. The van der Waals surface area contributed by atoms with Crippen LogP contribution in [0.15, 0.2) is 30.6 Å². The van der Waals surface area contributed by atoms with Crippen LogP contribution in [0.2, 0.25) is 0 Å². The normalized spacial score (nSPS) is 20.5. The van der Waals surface area contributed by atoms with Gasteiger partial charge in [0.25, 0.3) is 0 Å². The first-order valence-corrected chi connectivity index (χ1v) is 14.7. The fourth-order valence-corrected chi connectivity index (χ4v) is 6.53. The summed E-state index contributed by atoms with van der Waals surface area (Å²) in [7, 11) is -3.24. The van der Waals surface area contributed by atoms with Crippen LogP contribution in [0.1, 0.15) is 38.2 Å². The molecule has 4 aromatic heterocycles. The van der Waals surface area contributed by atoms with Gasteiger partial charge in [-0.2, -0.15) is 9.40 Å². The van der Waals surface area contributed by atoms with E-state index in [-0.39, 0.29) is 19.5 Å². The van der Waals surface area contributed by atoms with E-state index in [4.69, 9.17) is 19.8 Å². The van der Waals surface area contributed by atoms with Crippen molar-refractivity contribution in [1.82, 2.24) is 34.0 Å². The van der Waals surface area contributed by atoms with Crippen LogP contribution in [0.4, 0.5) is 5.82 Å². The summed E-state index contributed by atoms with van der Waals surface area (Å²) in [6.45, 7) is 9.11. The van der Waals surface area contributed by atoms with Crippen LogP contribution in [0, 0.1) is 13.8 Å². The molecule has 11 nitrogen and oxygen atoms in total. The van der Waals surface area contributed by atoms with Crippen LogP contribution in [-0.4, -0.2) is 87.6 Å². The van der Waals surface area contributed by atoms with Crippen molar-refractivity contribution in [3.05, 3.63) is 42.0 Å². The number of anilines is 1. The fraction of sp³-hybridized carbons (Fsp3) is 0.481. The van der Waals surface area contributed by atoms with E-state index in [0.29, 0.717) is 32.1 Å². The SMILES string of the molecule is C.Cc1nn(C2CCN(S(C)(=O)=O)C2)c(C)c1-c1cc(N2CCOC[C@H]2C)nc(-c2ccnc3[nH]ccc23)n1. The van der Waals surface area contributed by atoms with Gasteiger partial charge in [-0.05, 0) is 39.3 Å². The van der Waals surface area contributed by atoms with E-state index in [2.05, 4.69) is 21.8 Å². The van der Waals surface area contributed by atoms with Gasteiger partial charge in [-0.3, -0.25) is 4.68 Å². The summed E-state index contributed by atoms with van der Waals surface area (Å²) in [5, 5.41) is 5.83. The predicted octanol–water partition coefficient (Wildman–Crippen LogP) is 3.57. The highest BCUT2D eigenvalue weighted by molar-refractivity contribution is 7.88. The zero-order chi connectivity index (χ0) is 26.6. The number of nitrogens with zero attached hydrogens (tertiary/aromatic N) is 7. The lowest BCUT2D eigenvalue weighted by Crippen LogP contribution is -2.44. The second-order valence-electron chi connectivity index (χ2n) is 10.2. The third-order valence-electron chi connectivity index (χ3n) is 7.60. The molecule has 1 unspecified atom stereocenters. The van der Waals surface area contributed by atoms with Crippen LogP contribution >= 0.6 is 0 Å². The van der Waals surface area contributed by atoms with E-state index < -0.39 is 10.0 Å². The molecule has 2 saturated heterocycles. The first-order chi connectivity index (χ1) is 18.2. The minimum atomic E-state index is -3.24. The molecule has 12 heteroatoms. The van der Waals surface area contributed by atoms with Gasteiger partial charge in [0, 0.05) is 60.3 Å². The van der Waals surface area contributed by atoms with Gasteiger partial charge in [0.15, 0.2) is 5.82 Å². The lowest BCUT2D eigenvalue weighted by atomic mass is 10.1. The van der Waals surface area contributed by atoms with Crippen molar-refractivity contribution in [3.63, 3.8) is 0 Å². The quantitative estimate of drug-likeness (QED) is 0.399. The van der Waals surface area contributed by atoms with E-state index in [1.807, 2.05) is 42.9 Å². The van der Waals surface area contributed by atoms with E-state index in [9.17, 15) is 8.42 Å². The number of hydrogen-bond donors (Lipinski definition) is 1. The van der Waals surface area contributed by atoms with Crippen LogP contribution in [-0.2, 0) is 14.8 Å². The average molecular weight is 553 g/mol. The van der Waals surface area contributed by atoms with Crippen LogP contribution < -0.4 is 4.90 Å². The first-order valence-electron chi connectivity index (χ1n) is 12.9. The zero-order valence-corrected chi connectivity index (χ0v) is 22.9. The van der Waals surface area contributed by atoms with Gasteiger partial charge in [-0.1, -0.05) is 7.43 Å². The Hall–Kier alpha value is -3.35. The highest BCUT2D eigenvalue weighted by Crippen LogP contribution is 2.35. The molecule has 0 aliphatic carbocycles. The van der Waals surface area contributed by atoms with Crippen molar-refractivity contribution in [2.45, 2.75) is 46.7 Å². The molecule has 0 saturated carbocycles. The van der Waals surface area contributed by atoms with E-state index in [1.54, 1.807) is 6.20 Å². The monoisotopic (exact) mass is 552 g/mol. The minimum Gasteiger partial charge on any atom is -0.377 e. The van der Waals surface area contributed by atoms with Crippen molar-refractivity contribution >= 4 is 26.9 Å². The molecule has 0 spiro atoms. The van der Waals surface area contributed by atoms with Gasteiger partial charge in [-0.15, -0.1) is 0 Å². The number of aromatic amines is 1. The van der Waals surface area contributed by atoms with Gasteiger partial charge in [-0.25, -0.2) is 23.4 Å². The molecule has 2 aliphatic heterocycles. The van der Waals surface area contributed by atoms with Gasteiger partial charge in [0.2, 0.25) is 10.0 Å². The zero-order valence-electron chi connectivity index (χ0n) is 22.0. The number of morpholine rings is 1. The second-order valence-corrected chi connectivity index (χ2v) is 12.2. The Labute approximate surface area is 229 Å². The number of rotatable bonds is 5. The Morgan fingerprint density at radius 1 is 1.15 bits per heavy atom. The molecule has 2 atom stereocenters. The summed E-state index contributed by atoms with van der Waals surface area (Å²) >= 11 is 0. The molecule has 0 amide bonds. The number of hydrogen-bond acceptors (Lipinski definition) is 8. The summed E-state index contributed by atoms with van der Waals surface area (Å²) in [5.41, 5.74) is 5.26. The lowest BCUT2D eigenvalue weighted by Gasteiger charge is -2.34. The average Bonchev–Trinajstić information content (AvgIpc) is 3.62. The number of nitrogens with one attached hydrogen (secondary N) is 1. The molecule has 2 aliphatic rings. The summed E-state index contributed by atoms with van der Waals surface area (Å²) in [4.78, 5) is 20.0. The summed E-state index contributed by atoms with van der Waals surface area (Å²) in [6.07, 6.45) is 5.63. The summed E-state index contributed by atoms with van der Waals surface area (Å²) in [6, 6.07) is 6.14. The number of ether oxygens (including phenoxy) is 1. The van der Waals surface area contributed by atoms with Gasteiger partial charge in [0.05, 0.1) is 42.9 Å². The summed E-state index contributed by atoms with van der Waals surface area (Å²) in [5.74, 6) is 1.47. The smallest absolute Gasteiger partial charge is 0.211 e. The number of sulfonamides is 1. The molecule has 6 rings (SSSR count). The van der Waals surface area contributed by atoms with Crippen LogP contribution in [0.3, 0.4) is 0 Å². The third-order valence-corrected chi connectivity index (χ3v) is 8.87.